The Balaban J connectivity index is 2.70. The molecule has 1 heterocycles. The normalized spacial score (nSPS) is 12.3. The van der Waals surface area contributed by atoms with Crippen molar-refractivity contribution in [3.63, 3.8) is 0 Å². The van der Waals surface area contributed by atoms with Crippen molar-refractivity contribution in [3.05, 3.63) is 33.7 Å². The number of fused-ring (bicyclic) bond motifs is 1. The molecule has 0 amide bonds. The SMILES string of the molecule is CCNCc1oc2c(F)cc(Br)cc2c1C(C)(C)C. The summed E-state index contributed by atoms with van der Waals surface area (Å²) >= 11 is 3.35. The zero-order chi connectivity index (χ0) is 14.2. The van der Waals surface area contributed by atoms with Crippen molar-refractivity contribution in [1.29, 1.82) is 0 Å². The first-order valence-electron chi connectivity index (χ1n) is 6.46. The third-order valence-electron chi connectivity index (χ3n) is 3.07. The lowest BCUT2D eigenvalue weighted by atomic mass is 9.84. The first-order valence-corrected chi connectivity index (χ1v) is 7.25. The topological polar surface area (TPSA) is 25.2 Å². The molecule has 0 radical (unpaired) electrons. The molecule has 0 atom stereocenters. The molecule has 2 rings (SSSR count). The summed E-state index contributed by atoms with van der Waals surface area (Å²) in [6, 6.07) is 3.37. The van der Waals surface area contributed by atoms with Gasteiger partial charge in [-0.15, -0.1) is 0 Å². The summed E-state index contributed by atoms with van der Waals surface area (Å²) in [6.45, 7) is 9.86. The van der Waals surface area contributed by atoms with E-state index in [4.69, 9.17) is 4.42 Å². The zero-order valence-electron chi connectivity index (χ0n) is 11.7. The molecule has 104 valence electrons. The van der Waals surface area contributed by atoms with Gasteiger partial charge < -0.3 is 9.73 Å². The Morgan fingerprint density at radius 2 is 2.00 bits per heavy atom. The Hall–Kier alpha value is -0.870. The van der Waals surface area contributed by atoms with Crippen molar-refractivity contribution in [1.82, 2.24) is 5.32 Å². The number of hydrogen-bond donors (Lipinski definition) is 1. The number of benzene rings is 1. The van der Waals surface area contributed by atoms with Crippen LogP contribution in [0.3, 0.4) is 0 Å². The molecule has 0 aliphatic heterocycles. The van der Waals surface area contributed by atoms with Gasteiger partial charge in [0, 0.05) is 15.4 Å². The van der Waals surface area contributed by atoms with Gasteiger partial charge in [0.1, 0.15) is 5.76 Å². The van der Waals surface area contributed by atoms with Crippen molar-refractivity contribution in [2.45, 2.75) is 39.7 Å². The molecule has 0 saturated heterocycles. The second-order valence-electron chi connectivity index (χ2n) is 5.69. The molecule has 1 aromatic heterocycles. The largest absolute Gasteiger partial charge is 0.456 e. The van der Waals surface area contributed by atoms with Crippen molar-refractivity contribution >= 4 is 26.9 Å². The van der Waals surface area contributed by atoms with Gasteiger partial charge in [-0.3, -0.25) is 0 Å². The van der Waals surface area contributed by atoms with Gasteiger partial charge >= 0.3 is 0 Å². The minimum atomic E-state index is -0.322. The fraction of sp³-hybridized carbons (Fsp3) is 0.467. The van der Waals surface area contributed by atoms with Crippen LogP contribution in [0.25, 0.3) is 11.0 Å². The van der Waals surface area contributed by atoms with E-state index in [1.54, 1.807) is 0 Å². The zero-order valence-corrected chi connectivity index (χ0v) is 13.3. The van der Waals surface area contributed by atoms with Crippen molar-refractivity contribution < 1.29 is 8.81 Å². The number of nitrogens with one attached hydrogen (secondary N) is 1. The highest BCUT2D eigenvalue weighted by atomic mass is 79.9. The maximum atomic E-state index is 14.0. The lowest BCUT2D eigenvalue weighted by Crippen LogP contribution is -2.18. The van der Waals surface area contributed by atoms with Crippen LogP contribution in [-0.4, -0.2) is 6.54 Å². The van der Waals surface area contributed by atoms with E-state index in [-0.39, 0.29) is 11.2 Å². The monoisotopic (exact) mass is 327 g/mol. The first kappa shape index (κ1) is 14.5. The van der Waals surface area contributed by atoms with Crippen LogP contribution in [0, 0.1) is 5.82 Å². The van der Waals surface area contributed by atoms with Crippen molar-refractivity contribution in [2.24, 2.45) is 0 Å². The molecule has 19 heavy (non-hydrogen) atoms. The summed E-state index contributed by atoms with van der Waals surface area (Å²) in [6.07, 6.45) is 0. The molecule has 1 N–H and O–H groups in total. The maximum absolute atomic E-state index is 14.0. The fourth-order valence-electron chi connectivity index (χ4n) is 2.36. The van der Waals surface area contributed by atoms with Crippen molar-refractivity contribution in [2.75, 3.05) is 6.54 Å². The molecule has 2 nitrogen and oxygen atoms in total. The molecular formula is C15H19BrFNO. The Morgan fingerprint density at radius 1 is 1.32 bits per heavy atom. The van der Waals surface area contributed by atoms with E-state index >= 15 is 0 Å². The minimum Gasteiger partial charge on any atom is -0.456 e. The van der Waals surface area contributed by atoms with Gasteiger partial charge in [-0.2, -0.15) is 0 Å². The summed E-state index contributed by atoms with van der Waals surface area (Å²) in [5.41, 5.74) is 1.33. The van der Waals surface area contributed by atoms with Crippen LogP contribution in [0.1, 0.15) is 39.0 Å². The highest BCUT2D eigenvalue weighted by Gasteiger charge is 2.26. The second kappa shape index (κ2) is 5.25. The van der Waals surface area contributed by atoms with E-state index in [2.05, 4.69) is 42.0 Å². The van der Waals surface area contributed by atoms with Crippen LogP contribution in [-0.2, 0) is 12.0 Å². The number of hydrogen-bond acceptors (Lipinski definition) is 2. The number of halogens is 2. The van der Waals surface area contributed by atoms with Crippen molar-refractivity contribution in [3.8, 4) is 0 Å². The summed E-state index contributed by atoms with van der Waals surface area (Å²) in [4.78, 5) is 0. The Kier molecular flexibility index (Phi) is 4.02. The maximum Gasteiger partial charge on any atom is 0.170 e. The molecule has 0 saturated carbocycles. The van der Waals surface area contributed by atoms with E-state index in [0.29, 0.717) is 12.1 Å². The van der Waals surface area contributed by atoms with Gasteiger partial charge in [-0.25, -0.2) is 4.39 Å². The van der Waals surface area contributed by atoms with Crippen LogP contribution in [0.15, 0.2) is 21.0 Å². The summed E-state index contributed by atoms with van der Waals surface area (Å²) in [5.74, 6) is 0.499. The van der Waals surface area contributed by atoms with Crippen LogP contribution >= 0.6 is 15.9 Å². The van der Waals surface area contributed by atoms with Crippen LogP contribution in [0.4, 0.5) is 4.39 Å². The minimum absolute atomic E-state index is 0.0940. The van der Waals surface area contributed by atoms with Gasteiger partial charge in [0.05, 0.1) is 6.54 Å². The molecule has 0 spiro atoms. The Labute approximate surface area is 121 Å². The van der Waals surface area contributed by atoms with Crippen LogP contribution in [0.2, 0.25) is 0 Å². The molecule has 4 heteroatoms. The summed E-state index contributed by atoms with van der Waals surface area (Å²) in [7, 11) is 0. The predicted octanol–water partition coefficient (Wildman–Crippen LogP) is 4.74. The fourth-order valence-corrected chi connectivity index (χ4v) is 2.79. The van der Waals surface area contributed by atoms with Gasteiger partial charge in [-0.1, -0.05) is 43.6 Å². The van der Waals surface area contributed by atoms with Gasteiger partial charge in [0.2, 0.25) is 0 Å². The molecule has 2 aromatic rings. The molecule has 1 aromatic carbocycles. The number of furan rings is 1. The van der Waals surface area contributed by atoms with E-state index < -0.39 is 0 Å². The highest BCUT2D eigenvalue weighted by molar-refractivity contribution is 9.10. The van der Waals surface area contributed by atoms with Gasteiger partial charge in [0.25, 0.3) is 0 Å². The van der Waals surface area contributed by atoms with E-state index in [1.165, 1.54) is 6.07 Å². The second-order valence-corrected chi connectivity index (χ2v) is 6.61. The lowest BCUT2D eigenvalue weighted by Gasteiger charge is -2.19. The van der Waals surface area contributed by atoms with Crippen LogP contribution < -0.4 is 5.32 Å². The third kappa shape index (κ3) is 2.84. The molecular weight excluding hydrogens is 309 g/mol. The average Bonchev–Trinajstić information content (AvgIpc) is 2.64. The Bertz CT molecular complexity index is 598. The molecule has 0 fully saturated rings. The highest BCUT2D eigenvalue weighted by Crippen LogP contribution is 2.38. The lowest BCUT2D eigenvalue weighted by molar-refractivity contribution is 0.475. The van der Waals surface area contributed by atoms with Crippen LogP contribution in [0.5, 0.6) is 0 Å². The van der Waals surface area contributed by atoms with E-state index in [0.717, 1.165) is 27.7 Å². The third-order valence-corrected chi connectivity index (χ3v) is 3.53. The quantitative estimate of drug-likeness (QED) is 0.880. The molecule has 0 aliphatic rings. The number of rotatable bonds is 3. The molecule has 0 unspecified atom stereocenters. The standard InChI is InChI=1S/C15H19BrFNO/c1-5-18-8-12-13(15(2,3)4)10-6-9(16)7-11(17)14(10)19-12/h6-7,18H,5,8H2,1-4H3. The summed E-state index contributed by atoms with van der Waals surface area (Å²) in [5, 5.41) is 4.10. The molecule has 0 aliphatic carbocycles. The van der Waals surface area contributed by atoms with Gasteiger partial charge in [-0.05, 0) is 24.1 Å². The van der Waals surface area contributed by atoms with E-state index in [9.17, 15) is 4.39 Å². The van der Waals surface area contributed by atoms with E-state index in [1.807, 2.05) is 13.0 Å². The average molecular weight is 328 g/mol. The first-order chi connectivity index (χ1) is 8.84. The van der Waals surface area contributed by atoms with Gasteiger partial charge in [0.15, 0.2) is 11.4 Å². The Morgan fingerprint density at radius 3 is 2.58 bits per heavy atom. The smallest absolute Gasteiger partial charge is 0.170 e. The predicted molar refractivity (Wildman–Crippen MR) is 80.0 cm³/mol. The molecule has 0 bridgehead atoms. The summed E-state index contributed by atoms with van der Waals surface area (Å²) < 4.78 is 20.5.